The molecule has 0 amide bonds. The highest BCUT2D eigenvalue weighted by atomic mass is 32.2. The lowest BCUT2D eigenvalue weighted by Crippen LogP contribution is -2.10. The zero-order chi connectivity index (χ0) is 11.1. The van der Waals surface area contributed by atoms with Crippen LogP contribution in [-0.4, -0.2) is 27.4 Å². The van der Waals surface area contributed by atoms with Gasteiger partial charge in [-0.05, 0) is 12.8 Å². The van der Waals surface area contributed by atoms with Gasteiger partial charge in [0.25, 0.3) is 5.56 Å². The van der Waals surface area contributed by atoms with Gasteiger partial charge in [-0.15, -0.1) is 0 Å². The van der Waals surface area contributed by atoms with Crippen LogP contribution in [0.15, 0.2) is 16.0 Å². The van der Waals surface area contributed by atoms with Crippen molar-refractivity contribution in [1.82, 2.24) is 9.97 Å². The van der Waals surface area contributed by atoms with Crippen LogP contribution in [-0.2, 0) is 6.42 Å². The van der Waals surface area contributed by atoms with Gasteiger partial charge in [-0.25, -0.2) is 4.98 Å². The molecule has 0 aliphatic rings. The number of H-pyrrole nitrogens is 1. The summed E-state index contributed by atoms with van der Waals surface area (Å²) in [4.78, 5) is 18.3. The van der Waals surface area contributed by atoms with E-state index in [4.69, 9.17) is 5.11 Å². The number of aliphatic hydroxyl groups is 1. The van der Waals surface area contributed by atoms with E-state index < -0.39 is 0 Å². The average molecular weight is 228 g/mol. The van der Waals surface area contributed by atoms with Gasteiger partial charge in [0.2, 0.25) is 0 Å². The molecule has 15 heavy (non-hydrogen) atoms. The maximum Gasteiger partial charge on any atom is 0.251 e. The molecule has 0 saturated heterocycles. The van der Waals surface area contributed by atoms with E-state index in [0.29, 0.717) is 11.6 Å². The lowest BCUT2D eigenvalue weighted by Gasteiger charge is -2.02. The van der Waals surface area contributed by atoms with Crippen LogP contribution in [0.1, 0.15) is 25.5 Å². The molecule has 0 aliphatic carbocycles. The molecule has 0 fully saturated rings. The first-order valence-corrected chi connectivity index (χ1v) is 6.08. The SMILES string of the molecule is CCCc1cc(=O)[nH]c(SCCCO)n1. The molecule has 0 aromatic carbocycles. The fourth-order valence-electron chi connectivity index (χ4n) is 1.17. The minimum Gasteiger partial charge on any atom is -0.396 e. The standard InChI is InChI=1S/C10H16N2O2S/c1-2-4-8-7-9(14)12-10(11-8)15-6-3-5-13/h7,13H,2-6H2,1H3,(H,11,12,14). The van der Waals surface area contributed by atoms with Crippen LogP contribution in [0.5, 0.6) is 0 Å². The second-order valence-electron chi connectivity index (χ2n) is 3.22. The molecular weight excluding hydrogens is 212 g/mol. The van der Waals surface area contributed by atoms with Crippen LogP contribution >= 0.6 is 11.8 Å². The Morgan fingerprint density at radius 3 is 3.07 bits per heavy atom. The average Bonchev–Trinajstić information content (AvgIpc) is 2.18. The predicted molar refractivity (Wildman–Crippen MR) is 61.3 cm³/mol. The summed E-state index contributed by atoms with van der Waals surface area (Å²) in [5.41, 5.74) is 0.743. The van der Waals surface area contributed by atoms with Gasteiger partial charge in [-0.1, -0.05) is 25.1 Å². The number of aromatic nitrogens is 2. The molecule has 0 bridgehead atoms. The fraction of sp³-hybridized carbons (Fsp3) is 0.600. The van der Waals surface area contributed by atoms with Crippen molar-refractivity contribution in [2.75, 3.05) is 12.4 Å². The number of aromatic amines is 1. The van der Waals surface area contributed by atoms with E-state index in [1.54, 1.807) is 6.07 Å². The van der Waals surface area contributed by atoms with E-state index in [0.717, 1.165) is 24.3 Å². The zero-order valence-corrected chi connectivity index (χ0v) is 9.64. The Bertz CT molecular complexity index is 352. The number of nitrogens with one attached hydrogen (secondary N) is 1. The molecule has 2 N–H and O–H groups in total. The summed E-state index contributed by atoms with van der Waals surface area (Å²) in [5.74, 6) is 0.773. The smallest absolute Gasteiger partial charge is 0.251 e. The maximum atomic E-state index is 11.3. The Labute approximate surface area is 93.1 Å². The normalized spacial score (nSPS) is 10.5. The van der Waals surface area contributed by atoms with Crippen molar-refractivity contribution in [3.05, 3.63) is 22.1 Å². The van der Waals surface area contributed by atoms with Crippen molar-refractivity contribution in [3.63, 3.8) is 0 Å². The van der Waals surface area contributed by atoms with Gasteiger partial charge >= 0.3 is 0 Å². The predicted octanol–water partition coefficient (Wildman–Crippen LogP) is 1.20. The van der Waals surface area contributed by atoms with Crippen molar-refractivity contribution in [3.8, 4) is 0 Å². The van der Waals surface area contributed by atoms with Crippen LogP contribution in [0.3, 0.4) is 0 Å². The van der Waals surface area contributed by atoms with E-state index in [1.807, 2.05) is 0 Å². The summed E-state index contributed by atoms with van der Waals surface area (Å²) in [6.45, 7) is 2.23. The van der Waals surface area contributed by atoms with E-state index in [1.165, 1.54) is 11.8 Å². The van der Waals surface area contributed by atoms with Crippen molar-refractivity contribution in [2.24, 2.45) is 0 Å². The molecule has 84 valence electrons. The third kappa shape index (κ3) is 4.48. The molecule has 0 unspecified atom stereocenters. The highest BCUT2D eigenvalue weighted by Gasteiger charge is 2.01. The maximum absolute atomic E-state index is 11.3. The first-order valence-electron chi connectivity index (χ1n) is 5.10. The molecule has 0 atom stereocenters. The van der Waals surface area contributed by atoms with E-state index in [2.05, 4.69) is 16.9 Å². The molecule has 0 spiro atoms. The Morgan fingerprint density at radius 2 is 2.40 bits per heavy atom. The molecule has 4 nitrogen and oxygen atoms in total. The number of hydrogen-bond donors (Lipinski definition) is 2. The Hall–Kier alpha value is -0.810. The highest BCUT2D eigenvalue weighted by Crippen LogP contribution is 2.12. The molecule has 0 aliphatic heterocycles. The molecule has 1 aromatic heterocycles. The molecule has 0 radical (unpaired) electrons. The van der Waals surface area contributed by atoms with Crippen LogP contribution in [0, 0.1) is 0 Å². The minimum absolute atomic E-state index is 0.0973. The topological polar surface area (TPSA) is 66.0 Å². The first-order chi connectivity index (χ1) is 7.26. The Kier molecular flexibility index (Phi) is 5.42. The summed E-state index contributed by atoms with van der Waals surface area (Å²) in [6, 6.07) is 1.54. The van der Waals surface area contributed by atoms with E-state index >= 15 is 0 Å². The van der Waals surface area contributed by atoms with Crippen molar-refractivity contribution in [1.29, 1.82) is 0 Å². The van der Waals surface area contributed by atoms with Gasteiger partial charge in [0.05, 0.1) is 0 Å². The summed E-state index contributed by atoms with van der Waals surface area (Å²) < 4.78 is 0. The third-order valence-corrected chi connectivity index (χ3v) is 2.78. The van der Waals surface area contributed by atoms with Crippen LogP contribution in [0.4, 0.5) is 0 Å². The molecular formula is C10H16N2O2S. The number of nitrogens with zero attached hydrogens (tertiary/aromatic N) is 1. The molecule has 5 heteroatoms. The van der Waals surface area contributed by atoms with E-state index in [9.17, 15) is 4.79 Å². The van der Waals surface area contributed by atoms with E-state index in [-0.39, 0.29) is 12.2 Å². The minimum atomic E-state index is -0.0973. The second kappa shape index (κ2) is 6.63. The summed E-state index contributed by atoms with van der Waals surface area (Å²) in [6.07, 6.45) is 2.53. The van der Waals surface area contributed by atoms with Gasteiger partial charge in [-0.3, -0.25) is 4.79 Å². The summed E-state index contributed by atoms with van der Waals surface area (Å²) in [7, 11) is 0. The zero-order valence-electron chi connectivity index (χ0n) is 8.82. The van der Waals surface area contributed by atoms with Crippen LogP contribution < -0.4 is 5.56 Å². The summed E-state index contributed by atoms with van der Waals surface area (Å²) in [5, 5.41) is 9.28. The lowest BCUT2D eigenvalue weighted by molar-refractivity contribution is 0.296. The van der Waals surface area contributed by atoms with Gasteiger partial charge in [0.1, 0.15) is 0 Å². The molecule has 1 heterocycles. The number of thioether (sulfide) groups is 1. The number of rotatable bonds is 6. The van der Waals surface area contributed by atoms with Gasteiger partial charge in [0.15, 0.2) is 5.16 Å². The number of aryl methyl sites for hydroxylation is 1. The quantitative estimate of drug-likeness (QED) is 0.436. The Balaban J connectivity index is 2.66. The molecule has 1 rings (SSSR count). The number of aliphatic hydroxyl groups excluding tert-OH is 1. The van der Waals surface area contributed by atoms with Gasteiger partial charge in [-0.2, -0.15) is 0 Å². The fourth-order valence-corrected chi connectivity index (χ4v) is 1.99. The summed E-state index contributed by atoms with van der Waals surface area (Å²) >= 11 is 1.47. The Morgan fingerprint density at radius 1 is 1.60 bits per heavy atom. The first kappa shape index (κ1) is 12.3. The highest BCUT2D eigenvalue weighted by molar-refractivity contribution is 7.99. The van der Waals surface area contributed by atoms with Gasteiger partial charge in [0, 0.05) is 24.1 Å². The number of hydrogen-bond acceptors (Lipinski definition) is 4. The van der Waals surface area contributed by atoms with Crippen molar-refractivity contribution < 1.29 is 5.11 Å². The second-order valence-corrected chi connectivity index (χ2v) is 4.30. The van der Waals surface area contributed by atoms with Crippen molar-refractivity contribution >= 4 is 11.8 Å². The molecule has 1 aromatic rings. The molecule has 0 saturated carbocycles. The van der Waals surface area contributed by atoms with Gasteiger partial charge < -0.3 is 10.1 Å². The lowest BCUT2D eigenvalue weighted by atomic mass is 10.2. The third-order valence-electron chi connectivity index (χ3n) is 1.82. The van der Waals surface area contributed by atoms with Crippen LogP contribution in [0.2, 0.25) is 0 Å². The largest absolute Gasteiger partial charge is 0.396 e. The van der Waals surface area contributed by atoms with Crippen molar-refractivity contribution in [2.45, 2.75) is 31.3 Å². The van der Waals surface area contributed by atoms with Crippen LogP contribution in [0.25, 0.3) is 0 Å². The monoisotopic (exact) mass is 228 g/mol.